The second-order valence-corrected chi connectivity index (χ2v) is 6.43. The van der Waals surface area contributed by atoms with E-state index in [1.807, 2.05) is 33.8 Å². The van der Waals surface area contributed by atoms with Gasteiger partial charge in [-0.25, -0.2) is 0 Å². The molecule has 2 rings (SSSR count). The Morgan fingerprint density at radius 3 is 2.23 bits per heavy atom. The SMILES string of the molecule is COc1nc(N(C)C(C)=O)ccc1B1OC(C)(C)C(C)(C)O1. The van der Waals surface area contributed by atoms with E-state index in [9.17, 15) is 4.79 Å². The quantitative estimate of drug-likeness (QED) is 0.789. The monoisotopic (exact) mass is 306 g/mol. The number of aromatic nitrogens is 1. The van der Waals surface area contributed by atoms with Gasteiger partial charge in [-0.15, -0.1) is 0 Å². The van der Waals surface area contributed by atoms with Crippen LogP contribution in [0, 0.1) is 0 Å². The second kappa shape index (κ2) is 5.55. The molecular weight excluding hydrogens is 283 g/mol. The molecule has 7 heteroatoms. The Bertz CT molecular complexity index is 573. The lowest BCUT2D eigenvalue weighted by Crippen LogP contribution is -2.41. The lowest BCUT2D eigenvalue weighted by molar-refractivity contribution is -0.116. The van der Waals surface area contributed by atoms with Crippen molar-refractivity contribution in [1.29, 1.82) is 0 Å². The van der Waals surface area contributed by atoms with E-state index in [1.165, 1.54) is 18.9 Å². The number of ether oxygens (including phenoxy) is 1. The first kappa shape index (κ1) is 16.8. The Hall–Kier alpha value is -1.60. The molecule has 1 aliphatic rings. The summed E-state index contributed by atoms with van der Waals surface area (Å²) in [5, 5.41) is 0. The summed E-state index contributed by atoms with van der Waals surface area (Å²) in [6.45, 7) is 9.45. The van der Waals surface area contributed by atoms with E-state index in [2.05, 4.69) is 4.98 Å². The zero-order valence-corrected chi connectivity index (χ0v) is 14.3. The Kier molecular flexibility index (Phi) is 4.23. The van der Waals surface area contributed by atoms with Crippen LogP contribution in [0.2, 0.25) is 0 Å². The predicted molar refractivity (Wildman–Crippen MR) is 85.6 cm³/mol. The highest BCUT2D eigenvalue weighted by Gasteiger charge is 2.52. The molecule has 0 N–H and O–H groups in total. The Morgan fingerprint density at radius 2 is 1.77 bits per heavy atom. The smallest absolute Gasteiger partial charge is 0.481 e. The van der Waals surface area contributed by atoms with Crippen LogP contribution in [0.1, 0.15) is 34.6 Å². The molecule has 0 unspecified atom stereocenters. The molecule has 0 spiro atoms. The van der Waals surface area contributed by atoms with Crippen LogP contribution in [-0.4, -0.2) is 43.4 Å². The molecule has 0 saturated carbocycles. The van der Waals surface area contributed by atoms with Gasteiger partial charge < -0.3 is 18.9 Å². The summed E-state index contributed by atoms with van der Waals surface area (Å²) >= 11 is 0. The van der Waals surface area contributed by atoms with Gasteiger partial charge in [0.2, 0.25) is 11.8 Å². The summed E-state index contributed by atoms with van der Waals surface area (Å²) in [5.74, 6) is 0.812. The number of anilines is 1. The molecule has 1 saturated heterocycles. The van der Waals surface area contributed by atoms with Crippen LogP contribution in [0.3, 0.4) is 0 Å². The number of amides is 1. The molecular formula is C15H23BN2O4. The van der Waals surface area contributed by atoms with E-state index in [0.29, 0.717) is 17.2 Å². The first-order chi connectivity index (χ1) is 10.1. The van der Waals surface area contributed by atoms with Gasteiger partial charge in [0.25, 0.3) is 0 Å². The number of hydrogen-bond acceptors (Lipinski definition) is 5. The maximum Gasteiger partial charge on any atom is 0.500 e. The summed E-state index contributed by atoms with van der Waals surface area (Å²) < 4.78 is 17.4. The third-order valence-corrected chi connectivity index (χ3v) is 4.39. The average Bonchev–Trinajstić information content (AvgIpc) is 2.65. The van der Waals surface area contributed by atoms with Crippen molar-refractivity contribution in [2.45, 2.75) is 45.8 Å². The Labute approximate surface area is 131 Å². The normalized spacial score (nSPS) is 19.1. The van der Waals surface area contributed by atoms with Crippen LogP contribution in [-0.2, 0) is 14.1 Å². The van der Waals surface area contributed by atoms with E-state index < -0.39 is 18.3 Å². The third-order valence-electron chi connectivity index (χ3n) is 4.39. The molecule has 0 aliphatic carbocycles. The van der Waals surface area contributed by atoms with Crippen molar-refractivity contribution < 1.29 is 18.8 Å². The number of hydrogen-bond donors (Lipinski definition) is 0. The molecule has 1 aromatic heterocycles. The highest BCUT2D eigenvalue weighted by molar-refractivity contribution is 6.63. The van der Waals surface area contributed by atoms with Crippen molar-refractivity contribution in [2.75, 3.05) is 19.1 Å². The molecule has 1 fully saturated rings. The molecule has 0 atom stereocenters. The first-order valence-corrected chi connectivity index (χ1v) is 7.24. The van der Waals surface area contributed by atoms with Gasteiger partial charge in [-0.05, 0) is 33.8 Å². The standard InChI is InChI=1S/C15H23BN2O4/c1-10(19)18(6)12-9-8-11(13(17-12)20-7)16-21-14(2,3)15(4,5)22-16/h8-9H,1-7H3. The summed E-state index contributed by atoms with van der Waals surface area (Å²) in [7, 11) is 2.65. The largest absolute Gasteiger partial charge is 0.500 e. The van der Waals surface area contributed by atoms with Crippen LogP contribution in [0.15, 0.2) is 12.1 Å². The van der Waals surface area contributed by atoms with Gasteiger partial charge >= 0.3 is 7.12 Å². The zero-order chi connectivity index (χ0) is 16.7. The van der Waals surface area contributed by atoms with Crippen LogP contribution >= 0.6 is 0 Å². The number of methoxy groups -OCH3 is 1. The predicted octanol–water partition coefficient (Wildman–Crippen LogP) is 1.37. The van der Waals surface area contributed by atoms with Gasteiger partial charge in [-0.2, -0.15) is 4.98 Å². The molecule has 22 heavy (non-hydrogen) atoms. The van der Waals surface area contributed by atoms with Crippen molar-refractivity contribution in [3.8, 4) is 5.88 Å². The lowest BCUT2D eigenvalue weighted by atomic mass is 9.79. The molecule has 1 aromatic rings. The summed E-state index contributed by atoms with van der Waals surface area (Å²) in [4.78, 5) is 17.3. The number of carbonyl (C=O) groups is 1. The van der Waals surface area contributed by atoms with Crippen molar-refractivity contribution >= 4 is 24.3 Å². The fourth-order valence-corrected chi connectivity index (χ4v) is 2.10. The first-order valence-electron chi connectivity index (χ1n) is 7.24. The highest BCUT2D eigenvalue weighted by atomic mass is 16.7. The minimum Gasteiger partial charge on any atom is -0.481 e. The van der Waals surface area contributed by atoms with Gasteiger partial charge in [0.05, 0.1) is 18.3 Å². The van der Waals surface area contributed by atoms with E-state index in [-0.39, 0.29) is 5.91 Å². The Morgan fingerprint density at radius 1 is 1.23 bits per heavy atom. The second-order valence-electron chi connectivity index (χ2n) is 6.43. The van der Waals surface area contributed by atoms with Crippen LogP contribution < -0.4 is 15.1 Å². The van der Waals surface area contributed by atoms with Gasteiger partial charge in [0, 0.05) is 19.4 Å². The van der Waals surface area contributed by atoms with Gasteiger partial charge in [-0.3, -0.25) is 4.79 Å². The maximum atomic E-state index is 11.5. The molecule has 0 aromatic carbocycles. The van der Waals surface area contributed by atoms with E-state index >= 15 is 0 Å². The highest BCUT2D eigenvalue weighted by Crippen LogP contribution is 2.37. The van der Waals surface area contributed by atoms with Crippen LogP contribution in [0.25, 0.3) is 0 Å². The van der Waals surface area contributed by atoms with Crippen molar-refractivity contribution in [3.05, 3.63) is 12.1 Å². The Balaban J connectivity index is 2.35. The van der Waals surface area contributed by atoms with E-state index in [1.54, 1.807) is 13.1 Å². The topological polar surface area (TPSA) is 60.9 Å². The minimum atomic E-state index is -0.552. The minimum absolute atomic E-state index is 0.0991. The fourth-order valence-electron chi connectivity index (χ4n) is 2.10. The van der Waals surface area contributed by atoms with Crippen LogP contribution in [0.5, 0.6) is 5.88 Å². The molecule has 0 radical (unpaired) electrons. The number of carbonyl (C=O) groups excluding carboxylic acids is 1. The molecule has 1 amide bonds. The molecule has 0 bridgehead atoms. The summed E-state index contributed by atoms with van der Waals surface area (Å²) in [5.41, 5.74) is -0.156. The van der Waals surface area contributed by atoms with Crippen molar-refractivity contribution in [2.24, 2.45) is 0 Å². The van der Waals surface area contributed by atoms with Crippen LogP contribution in [0.4, 0.5) is 5.82 Å². The van der Waals surface area contributed by atoms with E-state index in [4.69, 9.17) is 14.0 Å². The van der Waals surface area contributed by atoms with Gasteiger partial charge in [0.1, 0.15) is 5.82 Å². The summed E-state index contributed by atoms with van der Waals surface area (Å²) in [6, 6.07) is 3.58. The number of rotatable bonds is 3. The van der Waals surface area contributed by atoms with E-state index in [0.717, 1.165) is 0 Å². The number of pyridine rings is 1. The van der Waals surface area contributed by atoms with Gasteiger partial charge in [0.15, 0.2) is 0 Å². The fraction of sp³-hybridized carbons (Fsp3) is 0.600. The zero-order valence-electron chi connectivity index (χ0n) is 14.3. The average molecular weight is 306 g/mol. The molecule has 1 aliphatic heterocycles. The molecule has 2 heterocycles. The molecule has 120 valence electrons. The van der Waals surface area contributed by atoms with Crippen molar-refractivity contribution in [3.63, 3.8) is 0 Å². The maximum absolute atomic E-state index is 11.5. The van der Waals surface area contributed by atoms with Crippen molar-refractivity contribution in [1.82, 2.24) is 4.98 Å². The number of nitrogens with zero attached hydrogens (tertiary/aromatic N) is 2. The summed E-state index contributed by atoms with van der Waals surface area (Å²) in [6.07, 6.45) is 0. The lowest BCUT2D eigenvalue weighted by Gasteiger charge is -2.32. The van der Waals surface area contributed by atoms with Gasteiger partial charge in [-0.1, -0.05) is 6.07 Å². The third kappa shape index (κ3) is 2.83. The molecule has 6 nitrogen and oxygen atoms in total.